The molecule has 1 heterocycles. The van der Waals surface area contributed by atoms with Crippen LogP contribution in [0.2, 0.25) is 0 Å². The zero-order valence-electron chi connectivity index (χ0n) is 11.1. The van der Waals surface area contributed by atoms with Gasteiger partial charge in [-0.1, -0.05) is 18.2 Å². The lowest BCUT2D eigenvalue weighted by atomic mass is 10.2. The fourth-order valence-electron chi connectivity index (χ4n) is 2.00. The first kappa shape index (κ1) is 14.3. The lowest BCUT2D eigenvalue weighted by Gasteiger charge is -2.24. The molecule has 0 spiro atoms. The van der Waals surface area contributed by atoms with Crippen LogP contribution in [0.25, 0.3) is 0 Å². The molecule has 0 radical (unpaired) electrons. The molecule has 0 saturated carbocycles. The van der Waals surface area contributed by atoms with Crippen LogP contribution >= 0.6 is 0 Å². The maximum atomic E-state index is 11.6. The van der Waals surface area contributed by atoms with Gasteiger partial charge in [-0.15, -0.1) is 0 Å². The predicted octanol–water partition coefficient (Wildman–Crippen LogP) is -0.229. The van der Waals surface area contributed by atoms with Crippen LogP contribution < -0.4 is 16.1 Å². The molecule has 0 aliphatic carbocycles. The van der Waals surface area contributed by atoms with Gasteiger partial charge in [0, 0.05) is 6.42 Å². The van der Waals surface area contributed by atoms with Crippen molar-refractivity contribution in [2.75, 3.05) is 18.7 Å². The molecule has 1 saturated heterocycles. The number of rotatable bonds is 4. The number of benzene rings is 1. The van der Waals surface area contributed by atoms with E-state index in [2.05, 4.69) is 10.1 Å². The van der Waals surface area contributed by atoms with E-state index in [0.717, 1.165) is 5.69 Å². The minimum Gasteiger partial charge on any atom is -0.467 e. The molecule has 7 nitrogen and oxygen atoms in total. The van der Waals surface area contributed by atoms with Crippen LogP contribution in [0.5, 0.6) is 0 Å². The van der Waals surface area contributed by atoms with Gasteiger partial charge in [-0.25, -0.2) is 9.86 Å². The molecule has 1 aromatic carbocycles. The number of carbonyl (C=O) groups is 2. The van der Waals surface area contributed by atoms with Crippen molar-refractivity contribution in [1.82, 2.24) is 5.32 Å². The minimum absolute atomic E-state index is 0.123. The topological polar surface area (TPSA) is 93.9 Å². The molecule has 1 aliphatic rings. The van der Waals surface area contributed by atoms with Crippen LogP contribution in [0.3, 0.4) is 0 Å². The zero-order valence-corrected chi connectivity index (χ0v) is 11.1. The summed E-state index contributed by atoms with van der Waals surface area (Å²) in [6.07, 6.45) is -0.909. The molecule has 1 aromatic rings. The van der Waals surface area contributed by atoms with Crippen LogP contribution in [0.1, 0.15) is 6.42 Å². The van der Waals surface area contributed by atoms with Crippen LogP contribution in [0, 0.1) is 0 Å². The van der Waals surface area contributed by atoms with E-state index in [-0.39, 0.29) is 12.5 Å². The summed E-state index contributed by atoms with van der Waals surface area (Å²) >= 11 is 0. The number of nitrogens with two attached hydrogens (primary N) is 1. The third-order valence-electron chi connectivity index (χ3n) is 2.95. The van der Waals surface area contributed by atoms with Crippen molar-refractivity contribution in [3.05, 3.63) is 30.3 Å². The Morgan fingerprint density at radius 2 is 2.15 bits per heavy atom. The van der Waals surface area contributed by atoms with E-state index in [4.69, 9.17) is 10.6 Å². The van der Waals surface area contributed by atoms with Crippen LogP contribution in [0.15, 0.2) is 30.3 Å². The van der Waals surface area contributed by atoms with Crippen molar-refractivity contribution in [1.29, 1.82) is 0 Å². The van der Waals surface area contributed by atoms with Gasteiger partial charge in [-0.3, -0.25) is 9.63 Å². The van der Waals surface area contributed by atoms with Gasteiger partial charge in [0.15, 0.2) is 6.10 Å². The van der Waals surface area contributed by atoms with E-state index >= 15 is 0 Å². The van der Waals surface area contributed by atoms with Crippen LogP contribution in [-0.2, 0) is 19.2 Å². The Kier molecular flexibility index (Phi) is 4.54. The molecule has 1 fully saturated rings. The second-order valence-electron chi connectivity index (χ2n) is 4.30. The van der Waals surface area contributed by atoms with Gasteiger partial charge in [-0.05, 0) is 12.1 Å². The summed E-state index contributed by atoms with van der Waals surface area (Å²) in [6, 6.07) is 9.19. The first-order chi connectivity index (χ1) is 9.65. The second-order valence-corrected chi connectivity index (χ2v) is 4.30. The first-order valence-electron chi connectivity index (χ1n) is 6.24. The maximum Gasteiger partial charge on any atom is 0.337 e. The summed E-state index contributed by atoms with van der Waals surface area (Å²) in [7, 11) is 1.30. The largest absolute Gasteiger partial charge is 0.467 e. The molecule has 7 heteroatoms. The smallest absolute Gasteiger partial charge is 0.337 e. The summed E-state index contributed by atoms with van der Waals surface area (Å²) in [5.74, 6) is -0.791. The van der Waals surface area contributed by atoms with Crippen molar-refractivity contribution in [2.24, 2.45) is 5.73 Å². The number of amides is 1. The third-order valence-corrected chi connectivity index (χ3v) is 2.95. The monoisotopic (exact) mass is 279 g/mol. The second kappa shape index (κ2) is 6.36. The highest BCUT2D eigenvalue weighted by Gasteiger charge is 2.39. The number of esters is 1. The highest BCUT2D eigenvalue weighted by atomic mass is 16.7. The highest BCUT2D eigenvalue weighted by Crippen LogP contribution is 2.27. The van der Waals surface area contributed by atoms with E-state index in [1.54, 1.807) is 0 Å². The Hall–Kier alpha value is -2.12. The van der Waals surface area contributed by atoms with Gasteiger partial charge in [0.1, 0.15) is 6.17 Å². The Bertz CT molecular complexity index is 480. The molecule has 20 heavy (non-hydrogen) atoms. The molecule has 3 N–H and O–H groups in total. The number of hydrogen-bond donors (Lipinski definition) is 2. The molecule has 2 atom stereocenters. The molecule has 1 amide bonds. The molecule has 0 aromatic heterocycles. The van der Waals surface area contributed by atoms with Gasteiger partial charge < -0.3 is 15.8 Å². The van der Waals surface area contributed by atoms with Gasteiger partial charge in [0.25, 0.3) is 0 Å². The minimum atomic E-state index is -0.747. The van der Waals surface area contributed by atoms with Crippen molar-refractivity contribution in [2.45, 2.75) is 18.7 Å². The van der Waals surface area contributed by atoms with E-state index < -0.39 is 18.2 Å². The van der Waals surface area contributed by atoms with Crippen molar-refractivity contribution < 1.29 is 19.2 Å². The van der Waals surface area contributed by atoms with Gasteiger partial charge in [0.2, 0.25) is 5.91 Å². The van der Waals surface area contributed by atoms with Crippen molar-refractivity contribution in [3.8, 4) is 0 Å². The molecular formula is C13H17N3O4. The number of nitrogens with one attached hydrogen (secondary N) is 1. The fraction of sp³-hybridized carbons (Fsp3) is 0.385. The molecule has 1 aliphatic heterocycles. The Balaban J connectivity index is 2.17. The number of para-hydroxylation sites is 1. The highest BCUT2D eigenvalue weighted by molar-refractivity contribution is 5.79. The molecule has 2 rings (SSSR count). The molecule has 0 unspecified atom stereocenters. The maximum absolute atomic E-state index is 11.6. The van der Waals surface area contributed by atoms with E-state index in [0.29, 0.717) is 6.42 Å². The average Bonchev–Trinajstić information content (AvgIpc) is 2.91. The SMILES string of the molecule is COC(=O)[C@H]1C[C@@H](NC(=O)CN)N(c2ccccc2)O1. The summed E-state index contributed by atoms with van der Waals surface area (Å²) in [6.45, 7) is -0.123. The van der Waals surface area contributed by atoms with Gasteiger partial charge in [0.05, 0.1) is 19.3 Å². The summed E-state index contributed by atoms with van der Waals surface area (Å²) in [5, 5.41) is 4.21. The summed E-state index contributed by atoms with van der Waals surface area (Å²) in [5.41, 5.74) is 6.03. The molecular weight excluding hydrogens is 262 g/mol. The zero-order chi connectivity index (χ0) is 14.5. The van der Waals surface area contributed by atoms with E-state index in [9.17, 15) is 9.59 Å². The number of ether oxygens (including phenoxy) is 1. The van der Waals surface area contributed by atoms with E-state index in [1.807, 2.05) is 30.3 Å². The van der Waals surface area contributed by atoms with E-state index in [1.165, 1.54) is 12.2 Å². The van der Waals surface area contributed by atoms with Gasteiger partial charge >= 0.3 is 5.97 Å². The lowest BCUT2D eigenvalue weighted by Crippen LogP contribution is -2.46. The number of hydrogen-bond acceptors (Lipinski definition) is 6. The molecule has 0 bridgehead atoms. The number of hydroxylamine groups is 1. The Labute approximate surface area is 116 Å². The van der Waals surface area contributed by atoms with Crippen molar-refractivity contribution in [3.63, 3.8) is 0 Å². The number of anilines is 1. The number of nitrogens with zero attached hydrogens (tertiary/aromatic N) is 1. The number of methoxy groups -OCH3 is 1. The van der Waals surface area contributed by atoms with Crippen LogP contribution in [-0.4, -0.2) is 37.8 Å². The average molecular weight is 279 g/mol. The summed E-state index contributed by atoms with van der Waals surface area (Å²) in [4.78, 5) is 28.6. The fourth-order valence-corrected chi connectivity index (χ4v) is 2.00. The van der Waals surface area contributed by atoms with Crippen molar-refractivity contribution >= 4 is 17.6 Å². The van der Waals surface area contributed by atoms with Gasteiger partial charge in [-0.2, -0.15) is 0 Å². The quantitative estimate of drug-likeness (QED) is 0.739. The first-order valence-corrected chi connectivity index (χ1v) is 6.24. The normalized spacial score (nSPS) is 21.6. The standard InChI is InChI=1S/C13H17N3O4/c1-19-13(18)10-7-11(15-12(17)8-14)16(20-10)9-5-3-2-4-6-9/h2-6,10-11H,7-8,14H2,1H3,(H,15,17)/t10-,11+/m1/s1. The Morgan fingerprint density at radius 1 is 1.45 bits per heavy atom. The van der Waals surface area contributed by atoms with Crippen LogP contribution in [0.4, 0.5) is 5.69 Å². The lowest BCUT2D eigenvalue weighted by molar-refractivity contribution is -0.151. The third kappa shape index (κ3) is 3.06. The Morgan fingerprint density at radius 3 is 2.75 bits per heavy atom. The summed E-state index contributed by atoms with van der Waals surface area (Å²) < 4.78 is 4.67. The molecule has 108 valence electrons. The number of carbonyl (C=O) groups excluding carboxylic acids is 2. The predicted molar refractivity (Wildman–Crippen MR) is 71.4 cm³/mol.